The average molecular weight is 213 g/mol. The fourth-order valence-electron chi connectivity index (χ4n) is 2.36. The topological polar surface area (TPSA) is 63.3 Å². The first-order valence-electron chi connectivity index (χ1n) is 6.06. The van der Waals surface area contributed by atoms with Crippen LogP contribution in [0.2, 0.25) is 0 Å². The number of carboxylic acid groups (broad SMARTS) is 1. The van der Waals surface area contributed by atoms with E-state index in [-0.39, 0.29) is 6.42 Å². The molecule has 1 atom stereocenters. The molecule has 1 aliphatic carbocycles. The number of aliphatic carboxylic acids is 1. The van der Waals surface area contributed by atoms with E-state index in [1.807, 2.05) is 0 Å². The molecule has 0 saturated heterocycles. The lowest BCUT2D eigenvalue weighted by Crippen LogP contribution is -2.44. The molecule has 15 heavy (non-hydrogen) atoms. The Balaban J connectivity index is 2.44. The van der Waals surface area contributed by atoms with E-state index in [1.54, 1.807) is 0 Å². The van der Waals surface area contributed by atoms with Crippen molar-refractivity contribution in [2.45, 2.75) is 63.8 Å². The maximum Gasteiger partial charge on any atom is 0.305 e. The van der Waals surface area contributed by atoms with Crippen LogP contribution in [0.3, 0.4) is 0 Å². The van der Waals surface area contributed by atoms with Crippen molar-refractivity contribution in [1.29, 1.82) is 0 Å². The van der Waals surface area contributed by atoms with Gasteiger partial charge in [0.15, 0.2) is 0 Å². The summed E-state index contributed by atoms with van der Waals surface area (Å²) in [6.07, 6.45) is 7.78. The van der Waals surface area contributed by atoms with Gasteiger partial charge in [0.05, 0.1) is 6.42 Å². The third kappa shape index (κ3) is 4.20. The fraction of sp³-hybridized carbons (Fsp3) is 0.917. The minimum Gasteiger partial charge on any atom is -0.481 e. The maximum atomic E-state index is 10.8. The predicted molar refractivity (Wildman–Crippen MR) is 60.7 cm³/mol. The van der Waals surface area contributed by atoms with Crippen LogP contribution in [0.25, 0.3) is 0 Å². The quantitative estimate of drug-likeness (QED) is 0.683. The molecule has 0 aliphatic heterocycles. The van der Waals surface area contributed by atoms with Gasteiger partial charge in [0.2, 0.25) is 0 Å². The summed E-state index contributed by atoms with van der Waals surface area (Å²) in [6, 6.07) is 0. The van der Waals surface area contributed by atoms with E-state index in [0.29, 0.717) is 5.92 Å². The van der Waals surface area contributed by atoms with Crippen molar-refractivity contribution in [3.8, 4) is 0 Å². The number of carboxylic acids is 1. The lowest BCUT2D eigenvalue weighted by Gasteiger charge is -2.36. The van der Waals surface area contributed by atoms with Gasteiger partial charge in [-0.05, 0) is 18.8 Å². The Morgan fingerprint density at radius 3 is 2.60 bits per heavy atom. The minimum absolute atomic E-state index is 0.128. The third-order valence-corrected chi connectivity index (χ3v) is 3.45. The zero-order valence-corrected chi connectivity index (χ0v) is 9.67. The largest absolute Gasteiger partial charge is 0.481 e. The molecule has 1 aliphatic rings. The van der Waals surface area contributed by atoms with Crippen molar-refractivity contribution in [1.82, 2.24) is 0 Å². The average Bonchev–Trinajstić information content (AvgIpc) is 2.07. The highest BCUT2D eigenvalue weighted by Gasteiger charge is 2.32. The van der Waals surface area contributed by atoms with Gasteiger partial charge in [-0.25, -0.2) is 0 Å². The van der Waals surface area contributed by atoms with Crippen molar-refractivity contribution in [3.63, 3.8) is 0 Å². The molecule has 3 N–H and O–H groups in total. The zero-order chi connectivity index (χ0) is 11.3. The molecule has 0 radical (unpaired) electrons. The van der Waals surface area contributed by atoms with Crippen molar-refractivity contribution >= 4 is 5.97 Å². The van der Waals surface area contributed by atoms with Crippen molar-refractivity contribution < 1.29 is 9.90 Å². The van der Waals surface area contributed by atoms with Crippen LogP contribution in [-0.4, -0.2) is 16.6 Å². The molecule has 1 saturated carbocycles. The fourth-order valence-corrected chi connectivity index (χ4v) is 2.36. The smallest absolute Gasteiger partial charge is 0.305 e. The van der Waals surface area contributed by atoms with E-state index in [2.05, 4.69) is 6.92 Å². The Bertz CT molecular complexity index is 214. The number of nitrogens with two attached hydrogens (primary N) is 1. The molecular weight excluding hydrogens is 190 g/mol. The van der Waals surface area contributed by atoms with E-state index in [4.69, 9.17) is 10.8 Å². The van der Waals surface area contributed by atoms with Crippen molar-refractivity contribution in [2.75, 3.05) is 0 Å². The number of hydrogen-bond donors (Lipinski definition) is 2. The lowest BCUT2D eigenvalue weighted by atomic mass is 9.73. The van der Waals surface area contributed by atoms with E-state index < -0.39 is 11.5 Å². The van der Waals surface area contributed by atoms with Crippen LogP contribution in [0.5, 0.6) is 0 Å². The number of unbranched alkanes of at least 4 members (excludes halogenated alkanes) is 1. The second kappa shape index (κ2) is 5.50. The molecular formula is C12H23NO2. The van der Waals surface area contributed by atoms with Gasteiger partial charge in [-0.15, -0.1) is 0 Å². The Hall–Kier alpha value is -0.570. The normalized spacial score (nSPS) is 20.7. The van der Waals surface area contributed by atoms with Crippen LogP contribution in [0.15, 0.2) is 0 Å². The molecule has 0 bridgehead atoms. The SMILES string of the molecule is CCCCC(N)(CC(=O)O)CC1CCC1. The number of hydrogen-bond acceptors (Lipinski definition) is 2. The standard InChI is InChI=1S/C12H23NO2/c1-2-3-7-12(13,9-11(14)15)8-10-5-4-6-10/h10H,2-9,13H2,1H3,(H,14,15). The van der Waals surface area contributed by atoms with E-state index in [0.717, 1.165) is 25.7 Å². The van der Waals surface area contributed by atoms with Crippen LogP contribution in [0.4, 0.5) is 0 Å². The summed E-state index contributed by atoms with van der Waals surface area (Å²) in [4.78, 5) is 10.8. The maximum absolute atomic E-state index is 10.8. The van der Waals surface area contributed by atoms with Crippen LogP contribution in [-0.2, 0) is 4.79 Å². The summed E-state index contributed by atoms with van der Waals surface area (Å²) >= 11 is 0. The van der Waals surface area contributed by atoms with Gasteiger partial charge in [0.25, 0.3) is 0 Å². The first kappa shape index (κ1) is 12.5. The Labute approximate surface area is 92.0 Å². The Morgan fingerprint density at radius 2 is 2.20 bits per heavy atom. The highest BCUT2D eigenvalue weighted by atomic mass is 16.4. The Morgan fingerprint density at radius 1 is 1.53 bits per heavy atom. The van der Waals surface area contributed by atoms with Crippen LogP contribution < -0.4 is 5.73 Å². The molecule has 3 nitrogen and oxygen atoms in total. The number of carbonyl (C=O) groups is 1. The first-order chi connectivity index (χ1) is 7.06. The minimum atomic E-state index is -0.757. The first-order valence-corrected chi connectivity index (χ1v) is 6.06. The van der Waals surface area contributed by atoms with Gasteiger partial charge in [0.1, 0.15) is 0 Å². The summed E-state index contributed by atoms with van der Waals surface area (Å²) in [5, 5.41) is 8.87. The van der Waals surface area contributed by atoms with Gasteiger partial charge < -0.3 is 10.8 Å². The molecule has 3 heteroatoms. The zero-order valence-electron chi connectivity index (χ0n) is 9.67. The van der Waals surface area contributed by atoms with E-state index in [9.17, 15) is 4.79 Å². The molecule has 0 aromatic carbocycles. The second-order valence-corrected chi connectivity index (χ2v) is 5.04. The van der Waals surface area contributed by atoms with Gasteiger partial charge in [-0.1, -0.05) is 39.0 Å². The van der Waals surface area contributed by atoms with E-state index >= 15 is 0 Å². The number of rotatable bonds is 7. The van der Waals surface area contributed by atoms with Crippen molar-refractivity contribution in [3.05, 3.63) is 0 Å². The highest BCUT2D eigenvalue weighted by Crippen LogP contribution is 2.35. The summed E-state index contributed by atoms with van der Waals surface area (Å²) in [6.45, 7) is 2.12. The monoisotopic (exact) mass is 213 g/mol. The summed E-state index contributed by atoms with van der Waals surface area (Å²) in [5.74, 6) is -0.0702. The summed E-state index contributed by atoms with van der Waals surface area (Å²) in [5.41, 5.74) is 5.76. The molecule has 1 fully saturated rings. The van der Waals surface area contributed by atoms with Crippen LogP contribution in [0, 0.1) is 5.92 Å². The molecule has 0 heterocycles. The predicted octanol–water partition coefficient (Wildman–Crippen LogP) is 2.54. The summed E-state index contributed by atoms with van der Waals surface area (Å²) < 4.78 is 0. The lowest BCUT2D eigenvalue weighted by molar-refractivity contribution is -0.138. The molecule has 0 spiro atoms. The van der Waals surface area contributed by atoms with Crippen LogP contribution >= 0.6 is 0 Å². The van der Waals surface area contributed by atoms with Gasteiger partial charge in [-0.3, -0.25) is 4.79 Å². The molecule has 1 unspecified atom stereocenters. The molecule has 1 rings (SSSR count). The highest BCUT2D eigenvalue weighted by molar-refractivity contribution is 5.68. The van der Waals surface area contributed by atoms with Crippen molar-refractivity contribution in [2.24, 2.45) is 11.7 Å². The van der Waals surface area contributed by atoms with Gasteiger partial charge in [-0.2, -0.15) is 0 Å². The van der Waals surface area contributed by atoms with Crippen LogP contribution in [0.1, 0.15) is 58.3 Å². The molecule has 0 amide bonds. The molecule has 88 valence electrons. The third-order valence-electron chi connectivity index (χ3n) is 3.45. The van der Waals surface area contributed by atoms with Gasteiger partial charge in [0, 0.05) is 5.54 Å². The second-order valence-electron chi connectivity index (χ2n) is 5.04. The molecule has 0 aromatic heterocycles. The summed E-state index contributed by atoms with van der Waals surface area (Å²) in [7, 11) is 0. The molecule has 0 aromatic rings. The van der Waals surface area contributed by atoms with Gasteiger partial charge >= 0.3 is 5.97 Å². The van der Waals surface area contributed by atoms with E-state index in [1.165, 1.54) is 19.3 Å². The Kier molecular flexibility index (Phi) is 4.58.